The van der Waals surface area contributed by atoms with Crippen molar-refractivity contribution in [1.29, 1.82) is 0 Å². The maximum Gasteiger partial charge on any atom is 0.230 e. The van der Waals surface area contributed by atoms with E-state index in [2.05, 4.69) is 29.0 Å². The van der Waals surface area contributed by atoms with Gasteiger partial charge < -0.3 is 15.2 Å². The summed E-state index contributed by atoms with van der Waals surface area (Å²) in [6, 6.07) is 11.8. The predicted molar refractivity (Wildman–Crippen MR) is 83.1 cm³/mol. The Labute approximate surface area is 119 Å². The van der Waals surface area contributed by atoms with Crippen LogP contribution in [-0.2, 0) is 11.2 Å². The van der Waals surface area contributed by atoms with Crippen molar-refractivity contribution in [2.24, 2.45) is 0 Å². The lowest BCUT2D eigenvalue weighted by atomic mass is 10.2. The molecule has 106 valence electrons. The highest BCUT2D eigenvalue weighted by atomic mass is 16.1. The number of benzene rings is 1. The van der Waals surface area contributed by atoms with Gasteiger partial charge in [-0.25, -0.2) is 0 Å². The highest BCUT2D eigenvalue weighted by Gasteiger charge is 2.05. The van der Waals surface area contributed by atoms with Gasteiger partial charge in [-0.15, -0.1) is 0 Å². The third kappa shape index (κ3) is 3.63. The zero-order chi connectivity index (χ0) is 14.4. The molecule has 0 saturated carbocycles. The topological polar surface area (TPSA) is 48.1 Å². The van der Waals surface area contributed by atoms with Crippen LogP contribution in [0.25, 0.3) is 0 Å². The Morgan fingerprint density at radius 1 is 1.15 bits per heavy atom. The van der Waals surface area contributed by atoms with Crippen molar-refractivity contribution in [1.82, 2.24) is 4.98 Å². The van der Waals surface area contributed by atoms with Crippen LogP contribution in [0.15, 0.2) is 42.6 Å². The molecular formula is C16H21N3O. The fourth-order valence-electron chi connectivity index (χ4n) is 2.20. The molecule has 1 aromatic carbocycles. The second-order valence-electron chi connectivity index (χ2n) is 4.64. The molecule has 4 nitrogen and oxygen atoms in total. The Morgan fingerprint density at radius 2 is 1.85 bits per heavy atom. The van der Waals surface area contributed by atoms with Gasteiger partial charge in [-0.05, 0) is 50.2 Å². The molecule has 2 aromatic rings. The summed E-state index contributed by atoms with van der Waals surface area (Å²) < 4.78 is 0. The minimum absolute atomic E-state index is 0.0111. The number of hydrogen-bond acceptors (Lipinski definition) is 2. The zero-order valence-corrected chi connectivity index (χ0v) is 12.0. The molecular weight excluding hydrogens is 250 g/mol. The highest BCUT2D eigenvalue weighted by Crippen LogP contribution is 2.17. The number of rotatable bonds is 6. The normalized spacial score (nSPS) is 10.3. The number of anilines is 2. The lowest BCUT2D eigenvalue weighted by molar-refractivity contribution is -0.115. The lowest BCUT2D eigenvalue weighted by Crippen LogP contribution is -2.21. The molecule has 0 aliphatic rings. The Hall–Kier alpha value is -2.23. The number of amides is 1. The monoisotopic (exact) mass is 271 g/mol. The van der Waals surface area contributed by atoms with E-state index in [-0.39, 0.29) is 5.91 Å². The third-order valence-corrected chi connectivity index (χ3v) is 3.29. The largest absolute Gasteiger partial charge is 0.372 e. The number of aromatic nitrogens is 1. The molecule has 1 aromatic heterocycles. The number of nitrogens with zero attached hydrogens (tertiary/aromatic N) is 1. The van der Waals surface area contributed by atoms with Crippen LogP contribution in [0.2, 0.25) is 0 Å². The number of H-pyrrole nitrogens is 1. The summed E-state index contributed by atoms with van der Waals surface area (Å²) in [5.41, 5.74) is 2.93. The van der Waals surface area contributed by atoms with Gasteiger partial charge in [-0.3, -0.25) is 4.79 Å². The van der Waals surface area contributed by atoms with Crippen molar-refractivity contribution < 1.29 is 4.79 Å². The van der Waals surface area contributed by atoms with E-state index in [9.17, 15) is 4.79 Å². The molecule has 1 heterocycles. The van der Waals surface area contributed by atoms with E-state index in [0.29, 0.717) is 6.42 Å². The van der Waals surface area contributed by atoms with E-state index >= 15 is 0 Å². The van der Waals surface area contributed by atoms with Crippen molar-refractivity contribution in [2.45, 2.75) is 20.3 Å². The standard InChI is InChI=1S/C16H21N3O/c1-3-19(4-2)15-9-7-13(8-10-15)18-16(20)12-14-6-5-11-17-14/h5-11,17H,3-4,12H2,1-2H3,(H,18,20). The van der Waals surface area contributed by atoms with Crippen LogP contribution in [0.3, 0.4) is 0 Å². The van der Waals surface area contributed by atoms with E-state index in [4.69, 9.17) is 0 Å². The second-order valence-corrected chi connectivity index (χ2v) is 4.64. The van der Waals surface area contributed by atoms with Crippen LogP contribution in [0.1, 0.15) is 19.5 Å². The number of hydrogen-bond donors (Lipinski definition) is 2. The van der Waals surface area contributed by atoms with E-state index in [1.165, 1.54) is 5.69 Å². The number of aromatic amines is 1. The number of nitrogens with one attached hydrogen (secondary N) is 2. The third-order valence-electron chi connectivity index (χ3n) is 3.29. The van der Waals surface area contributed by atoms with Gasteiger partial charge in [0.15, 0.2) is 0 Å². The highest BCUT2D eigenvalue weighted by molar-refractivity contribution is 5.92. The van der Waals surface area contributed by atoms with Gasteiger partial charge in [0.05, 0.1) is 6.42 Å². The molecule has 2 rings (SSSR count). The van der Waals surface area contributed by atoms with Crippen LogP contribution < -0.4 is 10.2 Å². The minimum Gasteiger partial charge on any atom is -0.372 e. The fraction of sp³-hybridized carbons (Fsp3) is 0.312. The lowest BCUT2D eigenvalue weighted by Gasteiger charge is -2.21. The summed E-state index contributed by atoms with van der Waals surface area (Å²) in [5.74, 6) is -0.0111. The fourth-order valence-corrected chi connectivity index (χ4v) is 2.20. The molecule has 0 bridgehead atoms. The van der Waals surface area contributed by atoms with Crippen LogP contribution in [0, 0.1) is 0 Å². The van der Waals surface area contributed by atoms with Gasteiger partial charge >= 0.3 is 0 Å². The first-order chi connectivity index (χ1) is 9.72. The van der Waals surface area contributed by atoms with Gasteiger partial charge in [-0.2, -0.15) is 0 Å². The van der Waals surface area contributed by atoms with Crippen LogP contribution in [-0.4, -0.2) is 24.0 Å². The molecule has 0 radical (unpaired) electrons. The average molecular weight is 271 g/mol. The SMILES string of the molecule is CCN(CC)c1ccc(NC(=O)Cc2ccc[nH]2)cc1. The summed E-state index contributed by atoms with van der Waals surface area (Å²) in [4.78, 5) is 17.2. The van der Waals surface area contributed by atoms with E-state index in [0.717, 1.165) is 24.5 Å². The zero-order valence-electron chi connectivity index (χ0n) is 12.0. The average Bonchev–Trinajstić information content (AvgIpc) is 2.94. The first kappa shape index (κ1) is 14.2. The quantitative estimate of drug-likeness (QED) is 0.848. The molecule has 4 heteroatoms. The van der Waals surface area contributed by atoms with Gasteiger partial charge in [-0.1, -0.05) is 0 Å². The summed E-state index contributed by atoms with van der Waals surface area (Å²) in [6.07, 6.45) is 2.19. The Bertz CT molecular complexity index is 527. The molecule has 0 saturated heterocycles. The molecule has 0 spiro atoms. The van der Waals surface area contributed by atoms with E-state index < -0.39 is 0 Å². The van der Waals surface area contributed by atoms with Gasteiger partial charge in [0.25, 0.3) is 0 Å². The molecule has 2 N–H and O–H groups in total. The van der Waals surface area contributed by atoms with Crippen LogP contribution in [0.5, 0.6) is 0 Å². The maximum absolute atomic E-state index is 11.9. The minimum atomic E-state index is -0.0111. The van der Waals surface area contributed by atoms with E-state index in [1.807, 2.05) is 42.6 Å². The molecule has 20 heavy (non-hydrogen) atoms. The van der Waals surface area contributed by atoms with Crippen LogP contribution >= 0.6 is 0 Å². The summed E-state index contributed by atoms with van der Waals surface area (Å²) in [7, 11) is 0. The molecule has 0 aliphatic heterocycles. The molecule has 0 fully saturated rings. The number of carbonyl (C=O) groups excluding carboxylic acids is 1. The summed E-state index contributed by atoms with van der Waals surface area (Å²) in [5, 5.41) is 2.90. The van der Waals surface area contributed by atoms with E-state index in [1.54, 1.807) is 0 Å². The Balaban J connectivity index is 1.95. The maximum atomic E-state index is 11.9. The smallest absolute Gasteiger partial charge is 0.230 e. The predicted octanol–water partition coefficient (Wildman–Crippen LogP) is 3.04. The first-order valence-corrected chi connectivity index (χ1v) is 7.00. The van der Waals surface area contributed by atoms with Gasteiger partial charge in [0, 0.05) is 36.4 Å². The first-order valence-electron chi connectivity index (χ1n) is 7.00. The van der Waals surface area contributed by atoms with Crippen molar-refractivity contribution in [3.63, 3.8) is 0 Å². The number of carbonyl (C=O) groups is 1. The van der Waals surface area contributed by atoms with Crippen molar-refractivity contribution in [3.05, 3.63) is 48.3 Å². The summed E-state index contributed by atoms with van der Waals surface area (Å²) >= 11 is 0. The molecule has 0 unspecified atom stereocenters. The van der Waals surface area contributed by atoms with Crippen molar-refractivity contribution in [2.75, 3.05) is 23.3 Å². The Morgan fingerprint density at radius 3 is 2.40 bits per heavy atom. The van der Waals surface area contributed by atoms with Crippen molar-refractivity contribution in [3.8, 4) is 0 Å². The molecule has 1 amide bonds. The van der Waals surface area contributed by atoms with Crippen molar-refractivity contribution >= 4 is 17.3 Å². The molecule has 0 aliphatic carbocycles. The Kier molecular flexibility index (Phi) is 4.82. The van der Waals surface area contributed by atoms with Gasteiger partial charge in [0.2, 0.25) is 5.91 Å². The second kappa shape index (κ2) is 6.80. The molecule has 0 atom stereocenters. The van der Waals surface area contributed by atoms with Crippen LogP contribution in [0.4, 0.5) is 11.4 Å². The van der Waals surface area contributed by atoms with Gasteiger partial charge in [0.1, 0.15) is 0 Å². The summed E-state index contributed by atoms with van der Waals surface area (Å²) in [6.45, 7) is 6.23.